The highest BCUT2D eigenvalue weighted by Gasteiger charge is 2.38. The molecule has 2 heterocycles. The molecule has 0 radical (unpaired) electrons. The van der Waals surface area contributed by atoms with Crippen LogP contribution in [0.15, 0.2) is 29.9 Å². The van der Waals surface area contributed by atoms with Crippen molar-refractivity contribution in [1.82, 2.24) is 15.0 Å². The molecule has 15 heteroatoms. The Balaban J connectivity index is 1.78. The topological polar surface area (TPSA) is 137 Å². The van der Waals surface area contributed by atoms with Crippen LogP contribution >= 0.6 is 11.3 Å². The Morgan fingerprint density at radius 3 is 2.54 bits per heavy atom. The number of nitrogens with zero attached hydrogens (tertiary/aromatic N) is 3. The molecule has 1 amide bonds. The number of nitrogens with one attached hydrogen (secondary N) is 1. The molecule has 9 nitrogen and oxygen atoms in total. The van der Waals surface area contributed by atoms with Crippen LogP contribution in [0, 0.1) is 5.82 Å². The summed E-state index contributed by atoms with van der Waals surface area (Å²) < 4.78 is 85.2. The average molecular weight is 560 g/mol. The molecule has 198 valence electrons. The number of halogens is 4. The number of hydrogen-bond donors (Lipinski definition) is 2. The Bertz CT molecular complexity index is 1450. The van der Waals surface area contributed by atoms with Crippen molar-refractivity contribution in [2.75, 3.05) is 11.3 Å². The minimum atomic E-state index is -4.61. The smallest absolute Gasteiger partial charge is 0.422 e. The van der Waals surface area contributed by atoms with Gasteiger partial charge in [-0.2, -0.15) is 13.2 Å². The Labute approximate surface area is 213 Å². The van der Waals surface area contributed by atoms with Gasteiger partial charge in [0.15, 0.2) is 11.7 Å². The first kappa shape index (κ1) is 26.7. The molecular formula is C22H21F4N5O4S2. The van der Waals surface area contributed by atoms with Crippen LogP contribution < -0.4 is 15.2 Å². The molecule has 3 N–H and O–H groups in total. The number of carbonyl (C=O) groups is 1. The number of nitrogens with two attached hydrogens (primary N) is 1. The maximum Gasteiger partial charge on any atom is 0.422 e. The van der Waals surface area contributed by atoms with E-state index >= 15 is 4.39 Å². The van der Waals surface area contributed by atoms with E-state index in [0.717, 1.165) is 23.6 Å². The van der Waals surface area contributed by atoms with Crippen molar-refractivity contribution < 1.29 is 35.5 Å². The predicted molar refractivity (Wildman–Crippen MR) is 127 cm³/mol. The second kappa shape index (κ2) is 9.52. The van der Waals surface area contributed by atoms with E-state index in [-0.39, 0.29) is 27.6 Å². The molecular weight excluding hydrogens is 538 g/mol. The second-order valence-electron chi connectivity index (χ2n) is 8.87. The van der Waals surface area contributed by atoms with Gasteiger partial charge in [-0.05, 0) is 32.8 Å². The Morgan fingerprint density at radius 1 is 1.22 bits per heavy atom. The van der Waals surface area contributed by atoms with E-state index < -0.39 is 56.6 Å². The van der Waals surface area contributed by atoms with Crippen LogP contribution in [-0.2, 0) is 15.4 Å². The summed E-state index contributed by atoms with van der Waals surface area (Å²) in [5, 5.41) is 1.15. The van der Waals surface area contributed by atoms with Gasteiger partial charge in [0.25, 0.3) is 5.91 Å². The minimum Gasteiger partial charge on any atom is -0.467 e. The lowest BCUT2D eigenvalue weighted by atomic mass is 9.77. The highest BCUT2D eigenvalue weighted by molar-refractivity contribution is 7.93. The number of ether oxygens (including phenoxy) is 1. The number of thiazole rings is 1. The zero-order chi connectivity index (χ0) is 27.2. The molecule has 37 heavy (non-hydrogen) atoms. The van der Waals surface area contributed by atoms with Crippen molar-refractivity contribution >= 4 is 32.4 Å². The molecule has 1 aliphatic rings. The van der Waals surface area contributed by atoms with Gasteiger partial charge in [0.2, 0.25) is 15.9 Å². The average Bonchev–Trinajstić information content (AvgIpc) is 3.57. The van der Waals surface area contributed by atoms with Gasteiger partial charge < -0.3 is 10.5 Å². The molecule has 0 saturated heterocycles. The largest absolute Gasteiger partial charge is 0.467 e. The van der Waals surface area contributed by atoms with Crippen LogP contribution in [0.3, 0.4) is 0 Å². The molecule has 1 aromatic carbocycles. The summed E-state index contributed by atoms with van der Waals surface area (Å²) in [6, 6.07) is 2.48. The molecule has 0 atom stereocenters. The third-order valence-electron chi connectivity index (χ3n) is 5.64. The highest BCUT2D eigenvalue weighted by Crippen LogP contribution is 2.41. The number of alkyl halides is 3. The summed E-state index contributed by atoms with van der Waals surface area (Å²) in [5.74, 6) is -2.46. The normalized spacial score (nSPS) is 14.4. The fraction of sp³-hybridized carbons (Fsp3) is 0.364. The quantitative estimate of drug-likeness (QED) is 0.378. The van der Waals surface area contributed by atoms with Crippen molar-refractivity contribution in [3.63, 3.8) is 0 Å². The summed E-state index contributed by atoms with van der Waals surface area (Å²) in [7, 11) is -3.58. The first-order valence-corrected chi connectivity index (χ1v) is 13.2. The van der Waals surface area contributed by atoms with Crippen LogP contribution in [0.4, 0.5) is 22.7 Å². The fourth-order valence-electron chi connectivity index (χ4n) is 3.61. The highest BCUT2D eigenvalue weighted by atomic mass is 32.2. The predicted octanol–water partition coefficient (Wildman–Crippen LogP) is 4.01. The zero-order valence-corrected chi connectivity index (χ0v) is 21.1. The minimum absolute atomic E-state index is 0.0254. The number of primary amides is 1. The summed E-state index contributed by atoms with van der Waals surface area (Å²) in [5.41, 5.74) is 3.89. The third-order valence-corrected chi connectivity index (χ3v) is 8.36. The van der Waals surface area contributed by atoms with E-state index in [1.165, 1.54) is 12.3 Å². The van der Waals surface area contributed by atoms with Crippen molar-refractivity contribution in [2.45, 2.75) is 43.5 Å². The first-order chi connectivity index (χ1) is 17.2. The number of anilines is 1. The molecule has 0 bridgehead atoms. The van der Waals surface area contributed by atoms with Gasteiger partial charge in [-0.3, -0.25) is 14.5 Å². The number of rotatable bonds is 9. The van der Waals surface area contributed by atoms with Gasteiger partial charge in [0.05, 0.1) is 34.6 Å². The molecule has 2 aromatic heterocycles. The Hall–Kier alpha value is -3.33. The second-order valence-corrected chi connectivity index (χ2v) is 11.7. The van der Waals surface area contributed by atoms with E-state index in [9.17, 15) is 26.4 Å². The maximum absolute atomic E-state index is 15.8. The Morgan fingerprint density at radius 2 is 1.92 bits per heavy atom. The molecule has 0 aliphatic heterocycles. The first-order valence-electron chi connectivity index (χ1n) is 10.8. The summed E-state index contributed by atoms with van der Waals surface area (Å²) in [6.07, 6.45) is -1.31. The molecule has 1 saturated carbocycles. The van der Waals surface area contributed by atoms with Crippen molar-refractivity contribution in [3.8, 4) is 17.1 Å². The molecule has 1 aliphatic carbocycles. The van der Waals surface area contributed by atoms with Gasteiger partial charge in [0.1, 0.15) is 5.82 Å². The third kappa shape index (κ3) is 5.82. The van der Waals surface area contributed by atoms with E-state index in [0.29, 0.717) is 12.8 Å². The number of amides is 1. The van der Waals surface area contributed by atoms with E-state index in [1.807, 2.05) is 0 Å². The van der Waals surface area contributed by atoms with Crippen molar-refractivity contribution in [2.24, 2.45) is 5.73 Å². The van der Waals surface area contributed by atoms with Crippen molar-refractivity contribution in [1.29, 1.82) is 0 Å². The number of aromatic nitrogens is 3. The van der Waals surface area contributed by atoms with Crippen LogP contribution in [0.2, 0.25) is 0 Å². The van der Waals surface area contributed by atoms with Crippen molar-refractivity contribution in [3.05, 3.63) is 52.5 Å². The number of hydrogen-bond acceptors (Lipinski definition) is 8. The Kier molecular flexibility index (Phi) is 6.88. The van der Waals surface area contributed by atoms with E-state index in [4.69, 9.17) is 5.73 Å². The van der Waals surface area contributed by atoms with E-state index in [1.54, 1.807) is 19.2 Å². The number of sulfonamides is 1. The molecule has 0 unspecified atom stereocenters. The van der Waals surface area contributed by atoms with Crippen LogP contribution in [-0.4, -0.2) is 47.3 Å². The summed E-state index contributed by atoms with van der Waals surface area (Å²) >= 11 is 1.00. The van der Waals surface area contributed by atoms with Gasteiger partial charge >= 0.3 is 6.18 Å². The lowest BCUT2D eigenvalue weighted by Crippen LogP contribution is -2.25. The number of carbonyl (C=O) groups excluding carboxylic acids is 1. The van der Waals surface area contributed by atoms with Crippen LogP contribution in [0.1, 0.15) is 48.3 Å². The lowest BCUT2D eigenvalue weighted by molar-refractivity contribution is -0.154. The summed E-state index contributed by atoms with van der Waals surface area (Å²) in [6.45, 7) is 1.58. The maximum atomic E-state index is 15.8. The van der Waals surface area contributed by atoms with Gasteiger partial charge in [-0.15, -0.1) is 11.3 Å². The number of benzene rings is 1. The monoisotopic (exact) mass is 559 g/mol. The van der Waals surface area contributed by atoms with Gasteiger partial charge in [-0.25, -0.2) is 22.8 Å². The molecule has 3 aromatic rings. The fourth-order valence-corrected chi connectivity index (χ4v) is 6.09. The standard InChI is InChI=1S/C22H21F4N5O4S2/c1-21(2,15-9-36-20(30-15)31-37(33,34)11-3-4-11)17-12(5-6-13(18(17)23)19(27)32)14-7-28-8-16(29-14)35-10-22(24,25)26/h5-9,11H,3-4,10H2,1-2H3,(H2,27,32)(H,30,31). The van der Waals surface area contributed by atoms with Crippen LogP contribution in [0.25, 0.3) is 11.3 Å². The van der Waals surface area contributed by atoms with Gasteiger partial charge in [-0.1, -0.05) is 6.07 Å². The summed E-state index contributed by atoms with van der Waals surface area (Å²) in [4.78, 5) is 24.1. The molecule has 4 rings (SSSR count). The molecule has 0 spiro atoms. The van der Waals surface area contributed by atoms with Crippen LogP contribution in [0.5, 0.6) is 5.88 Å². The zero-order valence-electron chi connectivity index (χ0n) is 19.5. The molecule has 1 fully saturated rings. The lowest BCUT2D eigenvalue weighted by Gasteiger charge is -2.27. The van der Waals surface area contributed by atoms with Gasteiger partial charge in [0, 0.05) is 21.9 Å². The SMILES string of the molecule is CC(C)(c1csc(NS(=O)(=O)C2CC2)n1)c1c(-c2cncc(OCC(F)(F)F)n2)ccc(C(N)=O)c1F. The van der Waals surface area contributed by atoms with E-state index in [2.05, 4.69) is 24.4 Å².